The number of hydrogen-bond acceptors (Lipinski definition) is 4. The second-order valence-corrected chi connectivity index (χ2v) is 7.10. The van der Waals surface area contributed by atoms with E-state index in [2.05, 4.69) is 56.9 Å². The molecular formula is C17H30N4. The first-order valence-electron chi connectivity index (χ1n) is 8.18. The second-order valence-electron chi connectivity index (χ2n) is 7.10. The lowest BCUT2D eigenvalue weighted by molar-refractivity contribution is 0.575. The van der Waals surface area contributed by atoms with Crippen LogP contribution in [0.25, 0.3) is 0 Å². The summed E-state index contributed by atoms with van der Waals surface area (Å²) in [4.78, 5) is 11.7. The second kappa shape index (κ2) is 6.73. The van der Waals surface area contributed by atoms with Crippen LogP contribution in [0.2, 0.25) is 0 Å². The number of hydrogen-bond donors (Lipinski definition) is 1. The molecule has 1 heterocycles. The summed E-state index contributed by atoms with van der Waals surface area (Å²) < 4.78 is 0. The standard InChI is InChI=1S/C17H30N4/c1-11(2)17-19-9-16(15(20-17)8-18-12(3)4)21(6)10-14-7-13(14)5/h9,11-14,18H,7-8,10H2,1-6H3. The molecule has 0 saturated heterocycles. The molecule has 0 amide bonds. The van der Waals surface area contributed by atoms with Crippen molar-refractivity contribution in [3.05, 3.63) is 17.7 Å². The molecule has 1 aromatic rings. The van der Waals surface area contributed by atoms with Gasteiger partial charge in [0.15, 0.2) is 0 Å². The van der Waals surface area contributed by atoms with Crippen molar-refractivity contribution in [1.29, 1.82) is 0 Å². The van der Waals surface area contributed by atoms with E-state index in [9.17, 15) is 0 Å². The summed E-state index contributed by atoms with van der Waals surface area (Å²) in [5.74, 6) is 3.02. The first-order chi connectivity index (χ1) is 9.88. The van der Waals surface area contributed by atoms with Crippen LogP contribution >= 0.6 is 0 Å². The number of aromatic nitrogens is 2. The Morgan fingerprint density at radius 2 is 2.00 bits per heavy atom. The van der Waals surface area contributed by atoms with Crippen molar-refractivity contribution in [3.8, 4) is 0 Å². The number of nitrogens with one attached hydrogen (secondary N) is 1. The molecule has 2 unspecified atom stereocenters. The van der Waals surface area contributed by atoms with Gasteiger partial charge in [0, 0.05) is 32.1 Å². The van der Waals surface area contributed by atoms with Gasteiger partial charge < -0.3 is 10.2 Å². The Morgan fingerprint density at radius 1 is 1.33 bits per heavy atom. The molecule has 1 aliphatic carbocycles. The topological polar surface area (TPSA) is 41.1 Å². The zero-order chi connectivity index (χ0) is 15.6. The van der Waals surface area contributed by atoms with Crippen molar-refractivity contribution < 1.29 is 0 Å². The first-order valence-corrected chi connectivity index (χ1v) is 8.18. The lowest BCUT2D eigenvalue weighted by atomic mass is 10.2. The van der Waals surface area contributed by atoms with E-state index in [4.69, 9.17) is 4.98 Å². The Bertz CT molecular complexity index is 470. The number of rotatable bonds is 7. The van der Waals surface area contributed by atoms with E-state index in [1.165, 1.54) is 12.1 Å². The summed E-state index contributed by atoms with van der Waals surface area (Å²) in [7, 11) is 2.16. The van der Waals surface area contributed by atoms with Crippen LogP contribution in [0.1, 0.15) is 58.5 Å². The zero-order valence-corrected chi connectivity index (χ0v) is 14.3. The quantitative estimate of drug-likeness (QED) is 0.837. The van der Waals surface area contributed by atoms with Gasteiger partial charge in [0.05, 0.1) is 17.6 Å². The molecule has 1 aliphatic rings. The van der Waals surface area contributed by atoms with Crippen LogP contribution in [-0.2, 0) is 6.54 Å². The SMILES string of the molecule is CC(C)NCc1nc(C(C)C)ncc1N(C)CC1CC1C. The monoisotopic (exact) mass is 290 g/mol. The van der Waals surface area contributed by atoms with Crippen molar-refractivity contribution >= 4 is 5.69 Å². The largest absolute Gasteiger partial charge is 0.372 e. The Balaban J connectivity index is 2.16. The highest BCUT2D eigenvalue weighted by atomic mass is 15.1. The lowest BCUT2D eigenvalue weighted by Crippen LogP contribution is -2.27. The van der Waals surface area contributed by atoms with Crippen LogP contribution in [0.15, 0.2) is 6.20 Å². The van der Waals surface area contributed by atoms with Gasteiger partial charge in [-0.3, -0.25) is 0 Å². The van der Waals surface area contributed by atoms with Crippen molar-refractivity contribution in [3.63, 3.8) is 0 Å². The van der Waals surface area contributed by atoms with E-state index >= 15 is 0 Å². The number of nitrogens with zero attached hydrogens (tertiary/aromatic N) is 3. The Hall–Kier alpha value is -1.16. The normalized spacial score (nSPS) is 21.1. The third kappa shape index (κ3) is 4.40. The fourth-order valence-corrected chi connectivity index (χ4v) is 2.56. The van der Waals surface area contributed by atoms with Gasteiger partial charge in [-0.15, -0.1) is 0 Å². The highest BCUT2D eigenvalue weighted by Crippen LogP contribution is 2.38. The summed E-state index contributed by atoms with van der Waals surface area (Å²) in [6.07, 6.45) is 3.36. The highest BCUT2D eigenvalue weighted by molar-refractivity contribution is 5.48. The van der Waals surface area contributed by atoms with Crippen LogP contribution < -0.4 is 10.2 Å². The van der Waals surface area contributed by atoms with Crippen LogP contribution in [0, 0.1) is 11.8 Å². The van der Waals surface area contributed by atoms with Gasteiger partial charge in [-0.25, -0.2) is 9.97 Å². The van der Waals surface area contributed by atoms with E-state index < -0.39 is 0 Å². The molecule has 2 rings (SSSR count). The summed E-state index contributed by atoms with van der Waals surface area (Å²) in [6, 6.07) is 0.462. The zero-order valence-electron chi connectivity index (χ0n) is 14.3. The van der Waals surface area contributed by atoms with Crippen molar-refractivity contribution in [2.45, 2.75) is 59.5 Å². The Labute approximate surface area is 129 Å². The molecule has 2 atom stereocenters. The molecule has 0 aromatic carbocycles. The van der Waals surface area contributed by atoms with E-state index in [0.717, 1.165) is 36.4 Å². The van der Waals surface area contributed by atoms with Gasteiger partial charge >= 0.3 is 0 Å². The molecule has 0 aliphatic heterocycles. The fraction of sp³-hybridized carbons (Fsp3) is 0.765. The van der Waals surface area contributed by atoms with Gasteiger partial charge in [-0.2, -0.15) is 0 Å². The molecule has 21 heavy (non-hydrogen) atoms. The van der Waals surface area contributed by atoms with E-state index in [1.807, 2.05) is 6.20 Å². The first kappa shape index (κ1) is 16.2. The smallest absolute Gasteiger partial charge is 0.131 e. The molecule has 0 radical (unpaired) electrons. The summed E-state index contributed by atoms with van der Waals surface area (Å²) in [6.45, 7) is 12.9. The highest BCUT2D eigenvalue weighted by Gasteiger charge is 2.33. The molecule has 1 saturated carbocycles. The summed E-state index contributed by atoms with van der Waals surface area (Å²) in [5, 5.41) is 3.48. The third-order valence-electron chi connectivity index (χ3n) is 4.25. The molecule has 0 spiro atoms. The molecule has 1 aromatic heterocycles. The van der Waals surface area contributed by atoms with Gasteiger partial charge in [-0.05, 0) is 18.3 Å². The average molecular weight is 290 g/mol. The van der Waals surface area contributed by atoms with Crippen LogP contribution in [0.3, 0.4) is 0 Å². The Morgan fingerprint density at radius 3 is 2.52 bits per heavy atom. The fourth-order valence-electron chi connectivity index (χ4n) is 2.56. The molecule has 0 bridgehead atoms. The molecule has 4 heteroatoms. The van der Waals surface area contributed by atoms with Gasteiger partial charge in [0.1, 0.15) is 5.82 Å². The predicted molar refractivity (Wildman–Crippen MR) is 88.6 cm³/mol. The maximum absolute atomic E-state index is 4.80. The van der Waals surface area contributed by atoms with Gasteiger partial charge in [-0.1, -0.05) is 34.6 Å². The molecule has 1 N–H and O–H groups in total. The minimum absolute atomic E-state index is 0.366. The van der Waals surface area contributed by atoms with E-state index in [-0.39, 0.29) is 0 Å². The lowest BCUT2D eigenvalue weighted by Gasteiger charge is -2.23. The van der Waals surface area contributed by atoms with Crippen molar-refractivity contribution in [2.75, 3.05) is 18.5 Å². The minimum atomic E-state index is 0.366. The van der Waals surface area contributed by atoms with Crippen molar-refractivity contribution in [2.24, 2.45) is 11.8 Å². The van der Waals surface area contributed by atoms with Gasteiger partial charge in [0.25, 0.3) is 0 Å². The van der Waals surface area contributed by atoms with E-state index in [1.54, 1.807) is 0 Å². The molecule has 118 valence electrons. The van der Waals surface area contributed by atoms with E-state index in [0.29, 0.717) is 12.0 Å². The maximum Gasteiger partial charge on any atom is 0.131 e. The van der Waals surface area contributed by atoms with Crippen LogP contribution in [0.4, 0.5) is 5.69 Å². The van der Waals surface area contributed by atoms with Crippen LogP contribution in [0.5, 0.6) is 0 Å². The third-order valence-corrected chi connectivity index (χ3v) is 4.25. The van der Waals surface area contributed by atoms with Crippen LogP contribution in [-0.4, -0.2) is 29.6 Å². The van der Waals surface area contributed by atoms with Crippen molar-refractivity contribution in [1.82, 2.24) is 15.3 Å². The maximum atomic E-state index is 4.80. The minimum Gasteiger partial charge on any atom is -0.372 e. The number of anilines is 1. The van der Waals surface area contributed by atoms with Gasteiger partial charge in [0.2, 0.25) is 0 Å². The molecule has 1 fully saturated rings. The average Bonchev–Trinajstić information content (AvgIpc) is 3.11. The molecule has 4 nitrogen and oxygen atoms in total. The molecular weight excluding hydrogens is 260 g/mol. The predicted octanol–water partition coefficient (Wildman–Crippen LogP) is 3.19. The summed E-state index contributed by atoms with van der Waals surface area (Å²) >= 11 is 0. The summed E-state index contributed by atoms with van der Waals surface area (Å²) in [5.41, 5.74) is 2.30. The Kier molecular flexibility index (Phi) is 5.20.